The van der Waals surface area contributed by atoms with Crippen molar-refractivity contribution >= 4 is 17.8 Å². The molecule has 4 fully saturated rings. The average molecular weight is 463 g/mol. The summed E-state index contributed by atoms with van der Waals surface area (Å²) in [6.45, 7) is 7.89. The molecule has 4 rings (SSSR count). The van der Waals surface area contributed by atoms with Gasteiger partial charge < -0.3 is 24.7 Å². The molecule has 4 aliphatic rings. The van der Waals surface area contributed by atoms with E-state index in [-0.39, 0.29) is 30.4 Å². The lowest BCUT2D eigenvalue weighted by Crippen LogP contribution is -2.61. The molecule has 1 aliphatic carbocycles. The topological polar surface area (TPSA) is 107 Å². The first-order chi connectivity index (χ1) is 15.8. The number of likely N-dealkylation sites (tertiary alicyclic amines) is 1. The van der Waals surface area contributed by atoms with E-state index < -0.39 is 41.6 Å². The summed E-state index contributed by atoms with van der Waals surface area (Å²) in [7, 11) is 0. The van der Waals surface area contributed by atoms with Crippen LogP contribution in [0.3, 0.4) is 0 Å². The van der Waals surface area contributed by atoms with Crippen LogP contribution >= 0.6 is 0 Å². The Hall–Kier alpha value is -1.93. The minimum atomic E-state index is -1.14. The highest BCUT2D eigenvalue weighted by Crippen LogP contribution is 2.59. The smallest absolute Gasteiger partial charge is 0.310 e. The van der Waals surface area contributed by atoms with Crippen LogP contribution in [0.5, 0.6) is 0 Å². The van der Waals surface area contributed by atoms with E-state index in [1.807, 2.05) is 18.7 Å². The molecule has 0 aromatic rings. The van der Waals surface area contributed by atoms with Crippen molar-refractivity contribution in [3.8, 4) is 0 Å². The molecule has 7 atom stereocenters. The molecule has 3 heterocycles. The Morgan fingerprint density at radius 1 is 1.30 bits per heavy atom. The molecule has 33 heavy (non-hydrogen) atoms. The Morgan fingerprint density at radius 3 is 2.58 bits per heavy atom. The van der Waals surface area contributed by atoms with Crippen LogP contribution in [0, 0.1) is 17.8 Å². The molecule has 1 spiro atoms. The van der Waals surface area contributed by atoms with E-state index in [0.29, 0.717) is 19.4 Å². The molecule has 8 nitrogen and oxygen atoms in total. The summed E-state index contributed by atoms with van der Waals surface area (Å²) >= 11 is 0. The number of aliphatic hydroxyl groups excluding tert-OH is 1. The van der Waals surface area contributed by atoms with Crippen molar-refractivity contribution in [3.05, 3.63) is 12.7 Å². The Labute approximate surface area is 195 Å². The van der Waals surface area contributed by atoms with Gasteiger partial charge in [0.25, 0.3) is 0 Å². The van der Waals surface area contributed by atoms with Gasteiger partial charge in [0.2, 0.25) is 11.8 Å². The third kappa shape index (κ3) is 3.70. The van der Waals surface area contributed by atoms with Gasteiger partial charge in [-0.1, -0.05) is 45.6 Å². The number of hydrogen-bond donors (Lipinski definition) is 2. The van der Waals surface area contributed by atoms with Crippen molar-refractivity contribution in [2.24, 2.45) is 17.8 Å². The maximum atomic E-state index is 14.3. The fourth-order valence-electron chi connectivity index (χ4n) is 6.93. The van der Waals surface area contributed by atoms with E-state index in [1.165, 1.54) is 4.90 Å². The maximum absolute atomic E-state index is 14.3. The summed E-state index contributed by atoms with van der Waals surface area (Å²) in [6, 6.07) is -1.41. The Morgan fingerprint density at radius 2 is 2.00 bits per heavy atom. The molecule has 8 heteroatoms. The Kier molecular flexibility index (Phi) is 6.87. The molecular formula is C25H38N2O6. The molecule has 0 aromatic heterocycles. The van der Waals surface area contributed by atoms with E-state index >= 15 is 0 Å². The predicted octanol–water partition coefficient (Wildman–Crippen LogP) is 2.20. The number of ether oxygens (including phenoxy) is 1. The molecule has 3 aliphatic heterocycles. The van der Waals surface area contributed by atoms with Gasteiger partial charge in [-0.2, -0.15) is 0 Å². The molecule has 0 radical (unpaired) electrons. The number of fused-ring (bicyclic) bond motifs is 1. The van der Waals surface area contributed by atoms with Gasteiger partial charge in [-0.25, -0.2) is 0 Å². The average Bonchev–Trinajstić information content (AvgIpc) is 3.46. The van der Waals surface area contributed by atoms with Gasteiger partial charge in [0.15, 0.2) is 0 Å². The third-order valence-electron chi connectivity index (χ3n) is 8.73. The summed E-state index contributed by atoms with van der Waals surface area (Å²) in [4.78, 5) is 43.7. The van der Waals surface area contributed by atoms with Crippen LogP contribution in [0.1, 0.15) is 65.2 Å². The van der Waals surface area contributed by atoms with Gasteiger partial charge in [-0.05, 0) is 31.6 Å². The summed E-state index contributed by atoms with van der Waals surface area (Å²) in [5, 5.41) is 20.3. The van der Waals surface area contributed by atoms with Gasteiger partial charge in [-0.3, -0.25) is 14.4 Å². The van der Waals surface area contributed by atoms with Crippen LogP contribution < -0.4 is 0 Å². The largest absolute Gasteiger partial charge is 0.481 e. The van der Waals surface area contributed by atoms with E-state index in [4.69, 9.17) is 4.74 Å². The summed E-state index contributed by atoms with van der Waals surface area (Å²) in [6.07, 6.45) is 7.97. The third-order valence-corrected chi connectivity index (χ3v) is 8.73. The molecule has 0 unspecified atom stereocenters. The number of nitrogens with zero attached hydrogens (tertiary/aromatic N) is 2. The van der Waals surface area contributed by atoms with Crippen molar-refractivity contribution in [1.82, 2.24) is 9.80 Å². The quantitative estimate of drug-likeness (QED) is 0.509. The number of aliphatic carboxylic acids is 1. The fraction of sp³-hybridized carbons (Fsp3) is 0.800. The number of carbonyl (C=O) groups is 3. The minimum absolute atomic E-state index is 0.0486. The maximum Gasteiger partial charge on any atom is 0.310 e. The van der Waals surface area contributed by atoms with Crippen molar-refractivity contribution in [1.29, 1.82) is 0 Å². The number of carbonyl (C=O) groups excluding carboxylic acids is 2. The molecular weight excluding hydrogens is 424 g/mol. The molecule has 2 bridgehead atoms. The van der Waals surface area contributed by atoms with Crippen molar-refractivity contribution in [3.63, 3.8) is 0 Å². The monoisotopic (exact) mass is 462 g/mol. The van der Waals surface area contributed by atoms with E-state index in [2.05, 4.69) is 6.58 Å². The zero-order valence-electron chi connectivity index (χ0n) is 19.8. The van der Waals surface area contributed by atoms with Gasteiger partial charge in [-0.15, -0.1) is 6.58 Å². The second kappa shape index (κ2) is 9.37. The van der Waals surface area contributed by atoms with Gasteiger partial charge in [0.05, 0.1) is 30.6 Å². The van der Waals surface area contributed by atoms with Crippen LogP contribution in [0.25, 0.3) is 0 Å². The Bertz CT molecular complexity index is 796. The van der Waals surface area contributed by atoms with Gasteiger partial charge >= 0.3 is 5.97 Å². The fourth-order valence-corrected chi connectivity index (χ4v) is 6.93. The first-order valence-electron chi connectivity index (χ1n) is 12.6. The number of rotatable bonds is 9. The number of hydrogen-bond acceptors (Lipinski definition) is 5. The van der Waals surface area contributed by atoms with Crippen LogP contribution in [0.4, 0.5) is 0 Å². The highest BCUT2D eigenvalue weighted by atomic mass is 16.5. The summed E-state index contributed by atoms with van der Waals surface area (Å²) in [5.41, 5.74) is -1.14. The number of amides is 2. The van der Waals surface area contributed by atoms with E-state index in [0.717, 1.165) is 38.5 Å². The standard InChI is InChI=1S/C25H38N2O6/c1-4-13-26(16-9-7-6-8-10-16)23(30)21-25-12-11-18(33-25)19(24(31)32)20(25)22(29)27(21)17(14-28)15(3)5-2/h4,15-21,28H,1,5-14H2,2-3H3,(H,31,32)/t15-,17-,18+,19-,20-,21+,25-/m0/s1. The zero-order chi connectivity index (χ0) is 23.9. The number of carboxylic acids is 1. The number of carboxylic acid groups (broad SMARTS) is 1. The summed E-state index contributed by atoms with van der Waals surface area (Å²) < 4.78 is 6.32. The first-order valence-corrected chi connectivity index (χ1v) is 12.6. The lowest BCUT2D eigenvalue weighted by atomic mass is 9.70. The van der Waals surface area contributed by atoms with Crippen molar-refractivity contribution in [2.75, 3.05) is 13.2 Å². The normalized spacial score (nSPS) is 35.4. The summed E-state index contributed by atoms with van der Waals surface area (Å²) in [5.74, 6) is -3.49. The van der Waals surface area contributed by atoms with Crippen molar-refractivity contribution < 1.29 is 29.3 Å². The SMILES string of the molecule is C=CCN(C(=O)[C@H]1N([C@@H](CO)[C@@H](C)CC)C(=O)[C@@H]2[C@@H](C(=O)O)[C@H]3CC[C@]21O3)C1CCCCC1. The molecule has 184 valence electrons. The lowest BCUT2D eigenvalue weighted by Gasteiger charge is -2.43. The van der Waals surface area contributed by atoms with Crippen LogP contribution in [-0.4, -0.2) is 80.8 Å². The second-order valence-corrected chi connectivity index (χ2v) is 10.3. The molecule has 1 saturated carbocycles. The van der Waals surface area contributed by atoms with Crippen LogP contribution in [-0.2, 0) is 19.1 Å². The number of aliphatic hydroxyl groups is 1. The van der Waals surface area contributed by atoms with Crippen molar-refractivity contribution in [2.45, 2.75) is 95.0 Å². The zero-order valence-corrected chi connectivity index (χ0v) is 19.8. The first kappa shape index (κ1) is 24.2. The molecule has 0 aromatic carbocycles. The molecule has 2 amide bonds. The predicted molar refractivity (Wildman–Crippen MR) is 121 cm³/mol. The minimum Gasteiger partial charge on any atom is -0.481 e. The van der Waals surface area contributed by atoms with Gasteiger partial charge in [0.1, 0.15) is 11.6 Å². The second-order valence-electron chi connectivity index (χ2n) is 10.3. The van der Waals surface area contributed by atoms with Gasteiger partial charge in [0, 0.05) is 12.6 Å². The van der Waals surface area contributed by atoms with Crippen LogP contribution in [0.15, 0.2) is 12.7 Å². The Balaban J connectivity index is 1.79. The van der Waals surface area contributed by atoms with E-state index in [1.54, 1.807) is 6.08 Å². The molecule has 2 N–H and O–H groups in total. The van der Waals surface area contributed by atoms with E-state index in [9.17, 15) is 24.6 Å². The van der Waals surface area contributed by atoms with Crippen LogP contribution in [0.2, 0.25) is 0 Å². The lowest BCUT2D eigenvalue weighted by molar-refractivity contribution is -0.155. The highest BCUT2D eigenvalue weighted by molar-refractivity contribution is 5.98. The molecule has 3 saturated heterocycles. The highest BCUT2D eigenvalue weighted by Gasteiger charge is 2.75.